The Morgan fingerprint density at radius 1 is 1.43 bits per heavy atom. The van der Waals surface area contributed by atoms with Crippen LogP contribution in [-0.4, -0.2) is 22.3 Å². The summed E-state index contributed by atoms with van der Waals surface area (Å²) in [5.41, 5.74) is 2.07. The fourth-order valence-corrected chi connectivity index (χ4v) is 3.70. The summed E-state index contributed by atoms with van der Waals surface area (Å²) in [6.45, 7) is 7.28. The van der Waals surface area contributed by atoms with Crippen molar-refractivity contribution in [1.82, 2.24) is 9.55 Å². The Balaban J connectivity index is 2.06. The summed E-state index contributed by atoms with van der Waals surface area (Å²) in [6.07, 6.45) is 1.27. The Morgan fingerprint density at radius 3 is 2.81 bits per heavy atom. The smallest absolute Gasteiger partial charge is 0.125 e. The second kappa shape index (κ2) is 5.45. The van der Waals surface area contributed by atoms with Gasteiger partial charge in [0.2, 0.25) is 0 Å². The molecule has 21 heavy (non-hydrogen) atoms. The molecule has 0 amide bonds. The molecule has 1 aliphatic carbocycles. The molecule has 2 atom stereocenters. The van der Waals surface area contributed by atoms with Crippen LogP contribution in [0, 0.1) is 5.41 Å². The van der Waals surface area contributed by atoms with E-state index in [0.717, 1.165) is 34.9 Å². The Kier molecular flexibility index (Phi) is 3.93. The van der Waals surface area contributed by atoms with Gasteiger partial charge in [0.25, 0.3) is 0 Å². The number of nitrogens with zero attached hydrogens (tertiary/aromatic N) is 2. The van der Waals surface area contributed by atoms with Crippen LogP contribution in [0.2, 0.25) is 5.02 Å². The molecule has 1 fully saturated rings. The van der Waals surface area contributed by atoms with E-state index in [-0.39, 0.29) is 11.5 Å². The Labute approximate surface area is 135 Å². The highest BCUT2D eigenvalue weighted by Gasteiger charge is 2.50. The number of aromatic nitrogens is 2. The van der Waals surface area contributed by atoms with Gasteiger partial charge in [0.05, 0.1) is 23.0 Å². The monoisotopic (exact) mass is 326 g/mol. The zero-order valence-corrected chi connectivity index (χ0v) is 14.1. The third-order valence-electron chi connectivity index (χ3n) is 4.65. The highest BCUT2D eigenvalue weighted by atomic mass is 35.5. The van der Waals surface area contributed by atoms with Crippen LogP contribution in [-0.2, 0) is 10.6 Å². The van der Waals surface area contributed by atoms with Gasteiger partial charge in [-0.25, -0.2) is 4.98 Å². The van der Waals surface area contributed by atoms with Crippen molar-refractivity contribution in [3.63, 3.8) is 0 Å². The molecule has 0 bridgehead atoms. The summed E-state index contributed by atoms with van der Waals surface area (Å²) in [6, 6.07) is 6.14. The number of alkyl halides is 1. The summed E-state index contributed by atoms with van der Waals surface area (Å²) in [5, 5.41) is 0.725. The van der Waals surface area contributed by atoms with Crippen LogP contribution in [0.5, 0.6) is 0 Å². The maximum Gasteiger partial charge on any atom is 0.125 e. The molecule has 1 heterocycles. The predicted octanol–water partition coefficient (Wildman–Crippen LogP) is 4.80. The third-order valence-corrected chi connectivity index (χ3v) is 5.12. The van der Waals surface area contributed by atoms with Gasteiger partial charge in [0.15, 0.2) is 0 Å². The second-order valence-electron chi connectivity index (χ2n) is 6.18. The summed E-state index contributed by atoms with van der Waals surface area (Å²) in [4.78, 5) is 4.64. The first-order valence-corrected chi connectivity index (χ1v) is 8.24. The van der Waals surface area contributed by atoms with Crippen molar-refractivity contribution in [3.8, 4) is 0 Å². The number of benzene rings is 1. The number of hydrogen-bond donors (Lipinski definition) is 0. The first-order valence-electron chi connectivity index (χ1n) is 7.33. The molecule has 2 aromatic rings. The van der Waals surface area contributed by atoms with Crippen molar-refractivity contribution in [2.45, 2.75) is 45.2 Å². The molecular formula is C16H20Cl2N2O. The van der Waals surface area contributed by atoms with Crippen molar-refractivity contribution in [2.24, 2.45) is 5.41 Å². The second-order valence-corrected chi connectivity index (χ2v) is 6.89. The maximum atomic E-state index is 6.16. The Morgan fingerprint density at radius 2 is 2.19 bits per heavy atom. The van der Waals surface area contributed by atoms with E-state index in [2.05, 4.69) is 23.4 Å². The number of fused-ring (bicyclic) bond motifs is 1. The Bertz CT molecular complexity index is 666. The van der Waals surface area contributed by atoms with Gasteiger partial charge >= 0.3 is 0 Å². The molecule has 3 rings (SSSR count). The van der Waals surface area contributed by atoms with E-state index in [1.165, 1.54) is 0 Å². The van der Waals surface area contributed by atoms with Crippen LogP contribution in [0.3, 0.4) is 0 Å². The van der Waals surface area contributed by atoms with Crippen LogP contribution in [0.15, 0.2) is 18.2 Å². The van der Waals surface area contributed by atoms with Gasteiger partial charge in [0.1, 0.15) is 5.82 Å². The molecule has 0 radical (unpaired) electrons. The van der Waals surface area contributed by atoms with E-state index >= 15 is 0 Å². The summed E-state index contributed by atoms with van der Waals surface area (Å²) in [7, 11) is 0. The van der Waals surface area contributed by atoms with Gasteiger partial charge < -0.3 is 9.30 Å². The van der Waals surface area contributed by atoms with E-state index in [1.54, 1.807) is 0 Å². The highest BCUT2D eigenvalue weighted by Crippen LogP contribution is 2.52. The zero-order valence-electron chi connectivity index (χ0n) is 12.6. The largest absolute Gasteiger partial charge is 0.378 e. The van der Waals surface area contributed by atoms with Crippen LogP contribution in [0.1, 0.15) is 39.1 Å². The minimum Gasteiger partial charge on any atom is -0.378 e. The number of imidazole rings is 1. The zero-order chi connectivity index (χ0) is 15.2. The molecule has 1 aromatic heterocycles. The molecule has 0 saturated heterocycles. The lowest BCUT2D eigenvalue weighted by Gasteiger charge is -2.52. The van der Waals surface area contributed by atoms with Gasteiger partial charge in [-0.3, -0.25) is 0 Å². The van der Waals surface area contributed by atoms with E-state index in [1.807, 2.05) is 25.1 Å². The summed E-state index contributed by atoms with van der Waals surface area (Å²) >= 11 is 12.3. The van der Waals surface area contributed by atoms with E-state index < -0.39 is 0 Å². The van der Waals surface area contributed by atoms with Gasteiger partial charge in [0, 0.05) is 23.1 Å². The maximum absolute atomic E-state index is 6.16. The Hall–Kier alpha value is -0.770. The SMILES string of the molecule is CCOC1CC(n2c(CCl)nc3ccc(Cl)cc32)C1(C)C. The lowest BCUT2D eigenvalue weighted by atomic mass is 9.64. The first kappa shape index (κ1) is 15.1. The summed E-state index contributed by atoms with van der Waals surface area (Å²) in [5.74, 6) is 1.31. The van der Waals surface area contributed by atoms with Gasteiger partial charge in [-0.1, -0.05) is 25.4 Å². The topological polar surface area (TPSA) is 27.1 Å². The molecule has 2 unspecified atom stereocenters. The molecule has 3 nitrogen and oxygen atoms in total. The molecule has 114 valence electrons. The standard InChI is InChI=1S/C16H20Cl2N2O/c1-4-21-14-8-13(16(14,2)3)20-12-7-10(18)5-6-11(12)19-15(20)9-17/h5-7,13-14H,4,8-9H2,1-3H3. The van der Waals surface area contributed by atoms with Crippen molar-refractivity contribution in [3.05, 3.63) is 29.0 Å². The normalized spacial score (nSPS) is 24.2. The van der Waals surface area contributed by atoms with Crippen LogP contribution < -0.4 is 0 Å². The van der Waals surface area contributed by atoms with Crippen molar-refractivity contribution < 1.29 is 4.74 Å². The van der Waals surface area contributed by atoms with Crippen molar-refractivity contribution in [2.75, 3.05) is 6.61 Å². The minimum atomic E-state index is 0.0623. The number of ether oxygens (including phenoxy) is 1. The molecule has 1 aliphatic rings. The highest BCUT2D eigenvalue weighted by molar-refractivity contribution is 6.31. The van der Waals surface area contributed by atoms with E-state index in [9.17, 15) is 0 Å². The molecule has 1 saturated carbocycles. The molecule has 0 aliphatic heterocycles. The fourth-order valence-electron chi connectivity index (χ4n) is 3.34. The number of hydrogen-bond acceptors (Lipinski definition) is 2. The van der Waals surface area contributed by atoms with E-state index in [0.29, 0.717) is 11.9 Å². The molecule has 1 aromatic carbocycles. The average Bonchev–Trinajstić information content (AvgIpc) is 2.80. The lowest BCUT2D eigenvalue weighted by molar-refractivity contribution is -0.127. The minimum absolute atomic E-state index is 0.0623. The lowest BCUT2D eigenvalue weighted by Crippen LogP contribution is -2.51. The van der Waals surface area contributed by atoms with E-state index in [4.69, 9.17) is 27.9 Å². The third kappa shape index (κ3) is 2.36. The summed E-state index contributed by atoms with van der Waals surface area (Å²) < 4.78 is 8.09. The predicted molar refractivity (Wildman–Crippen MR) is 87.1 cm³/mol. The van der Waals surface area contributed by atoms with Crippen LogP contribution in [0.25, 0.3) is 11.0 Å². The van der Waals surface area contributed by atoms with Gasteiger partial charge in [-0.15, -0.1) is 11.6 Å². The first-order chi connectivity index (χ1) is 9.98. The molecule has 0 N–H and O–H groups in total. The molecule has 5 heteroatoms. The van der Waals surface area contributed by atoms with Crippen molar-refractivity contribution >= 4 is 34.2 Å². The fraction of sp³-hybridized carbons (Fsp3) is 0.562. The van der Waals surface area contributed by atoms with Gasteiger partial charge in [-0.2, -0.15) is 0 Å². The van der Waals surface area contributed by atoms with Crippen LogP contribution in [0.4, 0.5) is 0 Å². The van der Waals surface area contributed by atoms with Crippen LogP contribution >= 0.6 is 23.2 Å². The average molecular weight is 327 g/mol. The van der Waals surface area contributed by atoms with Crippen molar-refractivity contribution in [1.29, 1.82) is 0 Å². The number of halogens is 2. The number of rotatable bonds is 4. The van der Waals surface area contributed by atoms with Gasteiger partial charge in [-0.05, 0) is 31.5 Å². The molecule has 0 spiro atoms. The molecular weight excluding hydrogens is 307 g/mol. The quantitative estimate of drug-likeness (QED) is 0.754.